The van der Waals surface area contributed by atoms with E-state index >= 15 is 0 Å². The van der Waals surface area contributed by atoms with Crippen molar-refractivity contribution in [3.05, 3.63) is 64.3 Å². The van der Waals surface area contributed by atoms with Crippen LogP contribution in [-0.2, 0) is 48.2 Å². The number of nitrogens with zero attached hydrogens (tertiary/aromatic N) is 7. The van der Waals surface area contributed by atoms with Crippen LogP contribution in [0.4, 0.5) is 10.9 Å². The van der Waals surface area contributed by atoms with E-state index in [1.807, 2.05) is 16.8 Å². The number of aromatic nitrogens is 7. The van der Waals surface area contributed by atoms with Gasteiger partial charge in [0.25, 0.3) is 0 Å². The van der Waals surface area contributed by atoms with Gasteiger partial charge in [-0.3, -0.25) is 19.3 Å². The van der Waals surface area contributed by atoms with Gasteiger partial charge in [-0.2, -0.15) is 10.2 Å². The monoisotopic (exact) mass is 561 g/mol. The molecule has 0 aromatic carbocycles. The Kier molecular flexibility index (Phi) is 9.01. The number of pyridine rings is 1. The van der Waals surface area contributed by atoms with E-state index in [1.165, 1.54) is 23.5 Å². The highest BCUT2D eigenvalue weighted by Gasteiger charge is 2.15. The summed E-state index contributed by atoms with van der Waals surface area (Å²) >= 11 is 1.40. The number of unbranched alkanes of at least 4 members (excludes halogenated alkanes) is 1. The minimum Gasteiger partial charge on any atom is -0.495 e. The number of ether oxygens (including phenoxy) is 1. The molecule has 0 saturated heterocycles. The number of nitrogens with one attached hydrogen (secondary N) is 2. The molecule has 4 aromatic heterocycles. The summed E-state index contributed by atoms with van der Waals surface area (Å²) in [7, 11) is 1.57. The maximum atomic E-state index is 12.4. The van der Waals surface area contributed by atoms with E-state index in [4.69, 9.17) is 4.74 Å². The summed E-state index contributed by atoms with van der Waals surface area (Å²) in [5.74, 6) is 0.696. The number of rotatable bonds is 12. The summed E-state index contributed by atoms with van der Waals surface area (Å²) in [5.41, 5.74) is 3.49. The second-order valence-corrected chi connectivity index (χ2v) is 10.6. The van der Waals surface area contributed by atoms with Crippen molar-refractivity contribution in [2.45, 2.75) is 64.3 Å². The van der Waals surface area contributed by atoms with E-state index in [0.717, 1.165) is 61.5 Å². The minimum absolute atomic E-state index is 0.131. The van der Waals surface area contributed by atoms with Crippen molar-refractivity contribution < 1.29 is 14.3 Å². The number of anilines is 2. The van der Waals surface area contributed by atoms with Gasteiger partial charge in [0.05, 0.1) is 37.5 Å². The van der Waals surface area contributed by atoms with E-state index < -0.39 is 0 Å². The van der Waals surface area contributed by atoms with Crippen molar-refractivity contribution in [2.24, 2.45) is 0 Å². The second kappa shape index (κ2) is 13.2. The van der Waals surface area contributed by atoms with Crippen molar-refractivity contribution >= 4 is 34.1 Å². The first-order valence-corrected chi connectivity index (χ1v) is 14.1. The first-order chi connectivity index (χ1) is 19.5. The molecule has 12 nitrogen and oxygen atoms in total. The number of carbonyl (C=O) groups excluding carboxylic acids is 2. The van der Waals surface area contributed by atoms with E-state index in [2.05, 4.69) is 41.1 Å². The van der Waals surface area contributed by atoms with Crippen LogP contribution in [0.3, 0.4) is 0 Å². The molecule has 0 fully saturated rings. The first-order valence-electron chi connectivity index (χ1n) is 13.3. The molecule has 0 bridgehead atoms. The summed E-state index contributed by atoms with van der Waals surface area (Å²) < 4.78 is 7.09. The van der Waals surface area contributed by atoms with E-state index in [1.54, 1.807) is 31.5 Å². The van der Waals surface area contributed by atoms with Gasteiger partial charge in [-0.15, -0.1) is 15.3 Å². The van der Waals surface area contributed by atoms with Crippen LogP contribution in [0.2, 0.25) is 0 Å². The molecule has 0 saturated carbocycles. The summed E-state index contributed by atoms with van der Waals surface area (Å²) in [6.07, 6.45) is 8.61. The Morgan fingerprint density at radius 3 is 2.52 bits per heavy atom. The maximum absolute atomic E-state index is 12.4. The van der Waals surface area contributed by atoms with Gasteiger partial charge in [-0.1, -0.05) is 11.3 Å². The number of carbonyl (C=O) groups is 2. The van der Waals surface area contributed by atoms with Crippen molar-refractivity contribution in [3.63, 3.8) is 0 Å². The number of hydrogen-bond acceptors (Lipinski definition) is 10. The third-order valence-corrected chi connectivity index (χ3v) is 7.36. The Hall–Kier alpha value is -4.26. The van der Waals surface area contributed by atoms with Crippen LogP contribution < -0.4 is 15.4 Å². The summed E-state index contributed by atoms with van der Waals surface area (Å²) in [6, 6.07) is 9.16. The van der Waals surface area contributed by atoms with Crippen molar-refractivity contribution in [3.8, 4) is 5.75 Å². The molecule has 5 rings (SSSR count). The third-order valence-electron chi connectivity index (χ3n) is 6.46. The van der Waals surface area contributed by atoms with Crippen LogP contribution in [0, 0.1) is 0 Å². The highest BCUT2D eigenvalue weighted by atomic mass is 32.1. The number of aryl methyl sites for hydroxylation is 4. The molecule has 40 heavy (non-hydrogen) atoms. The van der Waals surface area contributed by atoms with E-state index in [-0.39, 0.29) is 24.7 Å². The van der Waals surface area contributed by atoms with Crippen LogP contribution in [-0.4, -0.2) is 54.1 Å². The second-order valence-electron chi connectivity index (χ2n) is 9.56. The molecule has 1 aliphatic heterocycles. The molecule has 0 radical (unpaired) electrons. The lowest BCUT2D eigenvalue weighted by Gasteiger charge is -2.11. The number of methoxy groups -OCH3 is 1. The smallest absolute Gasteiger partial charge is 0.232 e. The van der Waals surface area contributed by atoms with E-state index in [0.29, 0.717) is 22.4 Å². The number of fused-ring (bicyclic) bond motifs is 1. The standard InChI is InChI=1S/C27H31N9O3S/c1-39-22-11-9-19(28-17-22)15-24(37)29-23-12-10-18(31-32-23)6-2-3-8-26-33-34-27(40-26)30-25(38)16-20-14-21-7-4-5-13-36(21)35-20/h9-12,14,17H,2-8,13,15-16H2,1H3,(H,29,32,37)(H,30,34,38). The van der Waals surface area contributed by atoms with Crippen LogP contribution in [0.15, 0.2) is 36.5 Å². The Bertz CT molecular complexity index is 1410. The van der Waals surface area contributed by atoms with E-state index in [9.17, 15) is 9.59 Å². The number of hydrogen-bond donors (Lipinski definition) is 2. The molecule has 1 aliphatic rings. The topological polar surface area (TPSA) is 150 Å². The van der Waals surface area contributed by atoms with Gasteiger partial charge >= 0.3 is 0 Å². The molecular formula is C27H31N9O3S. The highest BCUT2D eigenvalue weighted by Crippen LogP contribution is 2.19. The average Bonchev–Trinajstić information content (AvgIpc) is 3.58. The third kappa shape index (κ3) is 7.65. The maximum Gasteiger partial charge on any atom is 0.232 e. The molecule has 13 heteroatoms. The molecule has 5 heterocycles. The quantitative estimate of drug-likeness (QED) is 0.249. The molecule has 0 aliphatic carbocycles. The SMILES string of the molecule is COc1ccc(CC(=O)Nc2ccc(CCCCc3nnc(NC(=O)Cc4cc5n(n4)CCCC5)s3)nn2)nc1. The van der Waals surface area contributed by atoms with Gasteiger partial charge < -0.3 is 15.4 Å². The fraction of sp³-hybridized carbons (Fsp3) is 0.407. The van der Waals surface area contributed by atoms with Crippen molar-refractivity contribution in [2.75, 3.05) is 17.7 Å². The molecule has 2 amide bonds. The van der Waals surface area contributed by atoms with Crippen molar-refractivity contribution in [1.82, 2.24) is 35.2 Å². The molecule has 4 aromatic rings. The van der Waals surface area contributed by atoms with Crippen molar-refractivity contribution in [1.29, 1.82) is 0 Å². The fourth-order valence-electron chi connectivity index (χ4n) is 4.43. The fourth-order valence-corrected chi connectivity index (χ4v) is 5.22. The zero-order chi connectivity index (χ0) is 27.7. The molecule has 2 N–H and O–H groups in total. The normalized spacial score (nSPS) is 12.5. The molecule has 0 unspecified atom stereocenters. The highest BCUT2D eigenvalue weighted by molar-refractivity contribution is 7.15. The van der Waals surface area contributed by atoms with Crippen LogP contribution in [0.5, 0.6) is 5.75 Å². The zero-order valence-electron chi connectivity index (χ0n) is 22.3. The molecular weight excluding hydrogens is 530 g/mol. The minimum atomic E-state index is -0.215. The Morgan fingerprint density at radius 2 is 1.75 bits per heavy atom. The van der Waals surface area contributed by atoms with Crippen LogP contribution in [0.25, 0.3) is 0 Å². The summed E-state index contributed by atoms with van der Waals surface area (Å²) in [6.45, 7) is 0.928. The Labute approximate surface area is 235 Å². The predicted octanol–water partition coefficient (Wildman–Crippen LogP) is 3.19. The lowest BCUT2D eigenvalue weighted by atomic mass is 10.1. The lowest BCUT2D eigenvalue weighted by Crippen LogP contribution is -2.16. The number of amides is 2. The van der Waals surface area contributed by atoms with Crippen LogP contribution >= 0.6 is 11.3 Å². The Morgan fingerprint density at radius 1 is 0.925 bits per heavy atom. The van der Waals surface area contributed by atoms with Crippen LogP contribution in [0.1, 0.15) is 53.5 Å². The largest absolute Gasteiger partial charge is 0.495 e. The van der Waals surface area contributed by atoms with Gasteiger partial charge in [-0.25, -0.2) is 0 Å². The van der Waals surface area contributed by atoms with Gasteiger partial charge in [0.2, 0.25) is 16.9 Å². The lowest BCUT2D eigenvalue weighted by molar-refractivity contribution is -0.116. The molecule has 208 valence electrons. The summed E-state index contributed by atoms with van der Waals surface area (Å²) in [4.78, 5) is 28.9. The average molecular weight is 562 g/mol. The molecule has 0 spiro atoms. The molecule has 0 atom stereocenters. The van der Waals surface area contributed by atoms with Gasteiger partial charge in [-0.05, 0) is 68.9 Å². The first kappa shape index (κ1) is 27.3. The van der Waals surface area contributed by atoms with Gasteiger partial charge in [0.1, 0.15) is 10.8 Å². The summed E-state index contributed by atoms with van der Waals surface area (Å²) in [5, 5.41) is 28.2. The zero-order valence-corrected chi connectivity index (χ0v) is 23.1. The van der Waals surface area contributed by atoms with Gasteiger partial charge in [0.15, 0.2) is 5.82 Å². The Balaban J connectivity index is 0.995. The predicted molar refractivity (Wildman–Crippen MR) is 149 cm³/mol. The van der Waals surface area contributed by atoms with Gasteiger partial charge in [0, 0.05) is 24.4 Å².